The van der Waals surface area contributed by atoms with Gasteiger partial charge < -0.3 is 23.8 Å². The normalized spacial score (nSPS) is 17.8. The Labute approximate surface area is 244 Å². The van der Waals surface area contributed by atoms with E-state index in [1.807, 2.05) is 12.1 Å². The molecule has 3 aromatic rings. The molecule has 0 spiro atoms. The van der Waals surface area contributed by atoms with Gasteiger partial charge in [-0.25, -0.2) is 0 Å². The fourth-order valence-corrected chi connectivity index (χ4v) is 6.82. The first kappa shape index (κ1) is 26.5. The molecular formula is C31H30Cl3NO4. The molecule has 0 aromatic heterocycles. The maximum absolute atomic E-state index is 6.78. The minimum Gasteiger partial charge on any atom is -0.493 e. The quantitative estimate of drug-likeness (QED) is 0.278. The Balaban J connectivity index is 1.56. The number of ether oxygens (including phenoxy) is 4. The SMILES string of the molecule is COc1ccc2c(c1OC)[C@H](C(Cl)(Cl)Cl)N1CCc3cc4c(cc3C1=C2CCCc1ccccc1)OCCO4. The second-order valence-corrected chi connectivity index (χ2v) is 12.3. The highest BCUT2D eigenvalue weighted by Gasteiger charge is 2.48. The summed E-state index contributed by atoms with van der Waals surface area (Å²) in [6.45, 7) is 1.76. The lowest BCUT2D eigenvalue weighted by atomic mass is 9.80. The van der Waals surface area contributed by atoms with Gasteiger partial charge in [-0.2, -0.15) is 0 Å². The predicted octanol–water partition coefficient (Wildman–Crippen LogP) is 7.65. The van der Waals surface area contributed by atoms with Crippen molar-refractivity contribution in [2.45, 2.75) is 35.5 Å². The lowest BCUT2D eigenvalue weighted by molar-refractivity contribution is 0.171. The van der Waals surface area contributed by atoms with Crippen LogP contribution in [0.25, 0.3) is 11.3 Å². The van der Waals surface area contributed by atoms with Crippen LogP contribution in [0, 0.1) is 0 Å². The van der Waals surface area contributed by atoms with Crippen molar-refractivity contribution in [2.75, 3.05) is 34.0 Å². The van der Waals surface area contributed by atoms with Crippen molar-refractivity contribution in [3.63, 3.8) is 0 Å². The number of nitrogens with zero attached hydrogens (tertiary/aromatic N) is 1. The van der Waals surface area contributed by atoms with Crippen LogP contribution < -0.4 is 18.9 Å². The molecule has 3 aliphatic rings. The zero-order valence-electron chi connectivity index (χ0n) is 21.9. The third-order valence-electron chi connectivity index (χ3n) is 7.76. The van der Waals surface area contributed by atoms with Gasteiger partial charge in [0.15, 0.2) is 23.0 Å². The molecule has 39 heavy (non-hydrogen) atoms. The second kappa shape index (κ2) is 10.7. The number of allylic oxidation sites excluding steroid dienone is 1. The molecule has 0 fully saturated rings. The van der Waals surface area contributed by atoms with Gasteiger partial charge in [-0.15, -0.1) is 0 Å². The van der Waals surface area contributed by atoms with Gasteiger partial charge in [0.2, 0.25) is 3.79 Å². The minimum absolute atomic E-state index is 0.523. The number of benzene rings is 3. The van der Waals surface area contributed by atoms with Gasteiger partial charge in [0.1, 0.15) is 19.3 Å². The Hall–Kier alpha value is -2.73. The van der Waals surface area contributed by atoms with Gasteiger partial charge >= 0.3 is 0 Å². The Morgan fingerprint density at radius 2 is 1.64 bits per heavy atom. The number of hydrogen-bond donors (Lipinski definition) is 0. The predicted molar refractivity (Wildman–Crippen MR) is 157 cm³/mol. The molecule has 0 unspecified atom stereocenters. The van der Waals surface area contributed by atoms with E-state index in [0.717, 1.165) is 59.6 Å². The summed E-state index contributed by atoms with van der Waals surface area (Å²) in [5.74, 6) is 2.75. The van der Waals surface area contributed by atoms with E-state index in [4.69, 9.17) is 53.8 Å². The molecule has 0 N–H and O–H groups in total. The summed E-state index contributed by atoms with van der Waals surface area (Å²) in [6, 6.07) is 18.2. The van der Waals surface area contributed by atoms with Gasteiger partial charge in [0.25, 0.3) is 0 Å². The Kier molecular flexibility index (Phi) is 7.26. The van der Waals surface area contributed by atoms with Crippen molar-refractivity contribution in [2.24, 2.45) is 0 Å². The summed E-state index contributed by atoms with van der Waals surface area (Å²) in [5.41, 5.74) is 7.76. The highest BCUT2D eigenvalue weighted by atomic mass is 35.6. The number of fused-ring (bicyclic) bond motifs is 5. The van der Waals surface area contributed by atoms with Gasteiger partial charge in [-0.1, -0.05) is 71.2 Å². The molecule has 1 atom stereocenters. The van der Waals surface area contributed by atoms with Crippen molar-refractivity contribution in [1.82, 2.24) is 4.90 Å². The highest BCUT2D eigenvalue weighted by molar-refractivity contribution is 6.68. The maximum atomic E-state index is 6.78. The van der Waals surface area contributed by atoms with E-state index in [1.165, 1.54) is 16.7 Å². The Morgan fingerprint density at radius 3 is 2.33 bits per heavy atom. The monoisotopic (exact) mass is 585 g/mol. The number of aryl methyl sites for hydroxylation is 1. The van der Waals surface area contributed by atoms with E-state index in [0.29, 0.717) is 31.3 Å². The van der Waals surface area contributed by atoms with Crippen LogP contribution in [-0.2, 0) is 12.8 Å². The van der Waals surface area contributed by atoms with Crippen LogP contribution in [0.4, 0.5) is 0 Å². The van der Waals surface area contributed by atoms with Crippen molar-refractivity contribution in [3.05, 3.63) is 82.4 Å². The summed E-state index contributed by atoms with van der Waals surface area (Å²) in [7, 11) is 3.26. The maximum Gasteiger partial charge on any atom is 0.214 e. The largest absolute Gasteiger partial charge is 0.493 e. The third kappa shape index (κ3) is 4.79. The average Bonchev–Trinajstić information content (AvgIpc) is 2.94. The van der Waals surface area contributed by atoms with Crippen molar-refractivity contribution >= 4 is 46.1 Å². The number of methoxy groups -OCH3 is 2. The van der Waals surface area contributed by atoms with Crippen LogP contribution in [0.15, 0.2) is 54.6 Å². The standard InChI is InChI=1S/C31H30Cl3NO4/c1-36-24-12-11-21-22(10-6-9-19-7-4-3-5-8-19)28-23-18-26-25(38-15-16-39-26)17-20(23)13-14-35(28)30(31(32,33)34)27(21)29(24)37-2/h3-5,7-8,11-12,17-18,30H,6,9-10,13-16H2,1-2H3/t30-/m1/s1. The van der Waals surface area contributed by atoms with Crippen molar-refractivity contribution < 1.29 is 18.9 Å². The van der Waals surface area contributed by atoms with Crippen molar-refractivity contribution in [1.29, 1.82) is 0 Å². The molecule has 0 aliphatic carbocycles. The number of hydrogen-bond acceptors (Lipinski definition) is 5. The molecule has 0 radical (unpaired) electrons. The van der Waals surface area contributed by atoms with Crippen LogP contribution in [0.3, 0.4) is 0 Å². The molecule has 0 amide bonds. The molecule has 3 aromatic carbocycles. The van der Waals surface area contributed by atoms with E-state index >= 15 is 0 Å². The zero-order chi connectivity index (χ0) is 27.1. The van der Waals surface area contributed by atoms with Gasteiger partial charge in [-0.3, -0.25) is 0 Å². The summed E-state index contributed by atoms with van der Waals surface area (Å²) in [6.07, 6.45) is 3.54. The first-order valence-corrected chi connectivity index (χ1v) is 14.3. The number of rotatable bonds is 6. The Bertz CT molecular complexity index is 1420. The summed E-state index contributed by atoms with van der Waals surface area (Å²) < 4.78 is 21.9. The molecule has 0 bridgehead atoms. The molecule has 0 saturated heterocycles. The molecule has 8 heteroatoms. The smallest absolute Gasteiger partial charge is 0.214 e. The Morgan fingerprint density at radius 1 is 0.897 bits per heavy atom. The minimum atomic E-state index is -1.62. The van der Waals surface area contributed by atoms with E-state index in [9.17, 15) is 0 Å². The summed E-state index contributed by atoms with van der Waals surface area (Å²) in [4.78, 5) is 2.24. The molecule has 5 nitrogen and oxygen atoms in total. The lowest BCUT2D eigenvalue weighted by Gasteiger charge is -2.48. The van der Waals surface area contributed by atoms with Crippen LogP contribution >= 0.6 is 34.8 Å². The van der Waals surface area contributed by atoms with Crippen LogP contribution in [0.5, 0.6) is 23.0 Å². The topological polar surface area (TPSA) is 40.2 Å². The van der Waals surface area contributed by atoms with Crippen LogP contribution in [0.2, 0.25) is 0 Å². The van der Waals surface area contributed by atoms with Gasteiger partial charge in [0, 0.05) is 23.4 Å². The van der Waals surface area contributed by atoms with Crippen LogP contribution in [-0.4, -0.2) is 42.7 Å². The first-order chi connectivity index (χ1) is 18.9. The molecule has 0 saturated carbocycles. The molecule has 3 heterocycles. The van der Waals surface area contributed by atoms with E-state index in [1.54, 1.807) is 14.2 Å². The molecular weight excluding hydrogens is 557 g/mol. The average molecular weight is 587 g/mol. The highest BCUT2D eigenvalue weighted by Crippen LogP contribution is 2.58. The summed E-state index contributed by atoms with van der Waals surface area (Å²) in [5, 5.41) is 0. The first-order valence-electron chi connectivity index (χ1n) is 13.2. The molecule has 6 rings (SSSR count). The lowest BCUT2D eigenvalue weighted by Crippen LogP contribution is -2.42. The number of alkyl halides is 3. The molecule has 3 aliphatic heterocycles. The van der Waals surface area contributed by atoms with Crippen LogP contribution in [0.1, 0.15) is 46.7 Å². The van der Waals surface area contributed by atoms with Gasteiger partial charge in [-0.05, 0) is 66.1 Å². The van der Waals surface area contributed by atoms with E-state index in [2.05, 4.69) is 47.4 Å². The third-order valence-corrected chi connectivity index (χ3v) is 8.38. The van der Waals surface area contributed by atoms with Crippen molar-refractivity contribution in [3.8, 4) is 23.0 Å². The zero-order valence-corrected chi connectivity index (χ0v) is 24.2. The van der Waals surface area contributed by atoms with Gasteiger partial charge in [0.05, 0.1) is 14.2 Å². The summed E-state index contributed by atoms with van der Waals surface area (Å²) >= 11 is 20.4. The van der Waals surface area contributed by atoms with E-state index < -0.39 is 9.83 Å². The fraction of sp³-hybridized carbons (Fsp3) is 0.355. The second-order valence-electron chi connectivity index (χ2n) is 9.97. The molecule has 204 valence electrons. The number of halogens is 3. The fourth-order valence-electron chi connectivity index (χ4n) is 6.14. The van der Waals surface area contributed by atoms with E-state index in [-0.39, 0.29) is 0 Å².